The molecule has 2 aliphatic rings. The van der Waals surface area contributed by atoms with E-state index in [1.807, 2.05) is 0 Å². The van der Waals surface area contributed by atoms with Gasteiger partial charge in [0.1, 0.15) is 6.79 Å². The van der Waals surface area contributed by atoms with E-state index in [0.29, 0.717) is 39.0 Å². The Kier molecular flexibility index (Phi) is 5.78. The van der Waals surface area contributed by atoms with Gasteiger partial charge in [-0.1, -0.05) is 12.2 Å². The number of aliphatic hydroxyl groups excluding tert-OH is 2. The summed E-state index contributed by atoms with van der Waals surface area (Å²) < 4.78 is 15.4. The molecule has 1 saturated carbocycles. The molecule has 3 atom stereocenters. The predicted octanol–water partition coefficient (Wildman–Crippen LogP) is 0.703. The average molecular weight is 272 g/mol. The SMILES string of the molecule is OCOCCOCCOCC(O)C12C=CC(CC1)C2. The number of rotatable bonds is 10. The Morgan fingerprint density at radius 2 is 1.89 bits per heavy atom. The van der Waals surface area contributed by atoms with E-state index in [4.69, 9.17) is 19.3 Å². The molecule has 0 aromatic heterocycles. The van der Waals surface area contributed by atoms with Crippen molar-refractivity contribution in [3.63, 3.8) is 0 Å². The quantitative estimate of drug-likeness (QED) is 0.348. The second-order valence-electron chi connectivity index (χ2n) is 5.34. The van der Waals surface area contributed by atoms with Crippen molar-refractivity contribution < 1.29 is 24.4 Å². The molecule has 3 unspecified atom stereocenters. The topological polar surface area (TPSA) is 68.2 Å². The molecule has 0 aromatic carbocycles. The molecule has 110 valence electrons. The number of hydrogen-bond acceptors (Lipinski definition) is 5. The fourth-order valence-corrected chi connectivity index (χ4v) is 2.97. The summed E-state index contributed by atoms with van der Waals surface area (Å²) in [5.41, 5.74) is -0.0273. The molecule has 5 nitrogen and oxygen atoms in total. The highest BCUT2D eigenvalue weighted by Gasteiger charge is 2.45. The lowest BCUT2D eigenvalue weighted by Gasteiger charge is -2.29. The summed E-state index contributed by atoms with van der Waals surface area (Å²) in [6.07, 6.45) is 7.35. The Balaban J connectivity index is 1.50. The summed E-state index contributed by atoms with van der Waals surface area (Å²) in [5.74, 6) is 0.671. The van der Waals surface area contributed by atoms with Gasteiger partial charge in [-0.3, -0.25) is 0 Å². The molecule has 2 rings (SSSR count). The number of fused-ring (bicyclic) bond motifs is 2. The van der Waals surface area contributed by atoms with Crippen molar-refractivity contribution in [3.8, 4) is 0 Å². The summed E-state index contributed by atoms with van der Waals surface area (Å²) in [6, 6.07) is 0. The Morgan fingerprint density at radius 1 is 1.16 bits per heavy atom. The Morgan fingerprint density at radius 3 is 2.47 bits per heavy atom. The second-order valence-corrected chi connectivity index (χ2v) is 5.34. The van der Waals surface area contributed by atoms with Gasteiger partial charge in [0, 0.05) is 5.41 Å². The first-order chi connectivity index (χ1) is 9.27. The van der Waals surface area contributed by atoms with Crippen molar-refractivity contribution in [2.45, 2.75) is 25.4 Å². The van der Waals surface area contributed by atoms with Crippen LogP contribution in [0, 0.1) is 11.3 Å². The average Bonchev–Trinajstić information content (AvgIpc) is 3.03. The van der Waals surface area contributed by atoms with Crippen LogP contribution in [0.5, 0.6) is 0 Å². The summed E-state index contributed by atoms with van der Waals surface area (Å²) in [4.78, 5) is 0. The highest BCUT2D eigenvalue weighted by molar-refractivity contribution is 5.18. The number of aliphatic hydroxyl groups is 2. The lowest BCUT2D eigenvalue weighted by Crippen LogP contribution is -2.34. The van der Waals surface area contributed by atoms with Crippen molar-refractivity contribution >= 4 is 0 Å². The van der Waals surface area contributed by atoms with Gasteiger partial charge >= 0.3 is 0 Å². The van der Waals surface area contributed by atoms with Gasteiger partial charge in [0.2, 0.25) is 0 Å². The highest BCUT2D eigenvalue weighted by Crippen LogP contribution is 2.51. The Hall–Kier alpha value is -0.460. The molecular weight excluding hydrogens is 248 g/mol. The van der Waals surface area contributed by atoms with E-state index in [0.717, 1.165) is 12.8 Å². The molecule has 0 heterocycles. The molecule has 0 aliphatic heterocycles. The predicted molar refractivity (Wildman–Crippen MR) is 69.6 cm³/mol. The zero-order valence-corrected chi connectivity index (χ0v) is 11.3. The molecule has 0 spiro atoms. The van der Waals surface area contributed by atoms with E-state index in [1.165, 1.54) is 6.42 Å². The zero-order chi connectivity index (χ0) is 13.6. The van der Waals surface area contributed by atoms with Crippen LogP contribution in [0.4, 0.5) is 0 Å². The molecule has 2 bridgehead atoms. The fraction of sp³-hybridized carbons (Fsp3) is 0.857. The monoisotopic (exact) mass is 272 g/mol. The standard InChI is InChI=1S/C14H24O5/c15-11-19-8-6-17-5-7-18-10-13(16)14-3-1-12(9-14)2-4-14/h1,3,12-13,15-16H,2,4-11H2. The lowest BCUT2D eigenvalue weighted by molar-refractivity contribution is -0.0522. The second kappa shape index (κ2) is 7.36. The first-order valence-corrected chi connectivity index (χ1v) is 6.98. The molecule has 0 aromatic rings. The van der Waals surface area contributed by atoms with Gasteiger partial charge in [-0.05, 0) is 25.2 Å². The summed E-state index contributed by atoms with van der Waals surface area (Å²) >= 11 is 0. The van der Waals surface area contributed by atoms with E-state index in [2.05, 4.69) is 12.2 Å². The maximum absolute atomic E-state index is 10.2. The third kappa shape index (κ3) is 4.00. The van der Waals surface area contributed by atoms with Crippen LogP contribution in [0.1, 0.15) is 19.3 Å². The van der Waals surface area contributed by atoms with Crippen molar-refractivity contribution in [2.75, 3.05) is 39.8 Å². The summed E-state index contributed by atoms with van der Waals surface area (Å²) in [5, 5.41) is 18.6. The van der Waals surface area contributed by atoms with E-state index >= 15 is 0 Å². The molecule has 2 N–H and O–H groups in total. The summed E-state index contributed by atoms with van der Waals surface area (Å²) in [6.45, 7) is 1.87. The third-order valence-corrected chi connectivity index (χ3v) is 4.10. The molecule has 19 heavy (non-hydrogen) atoms. The van der Waals surface area contributed by atoms with Crippen LogP contribution < -0.4 is 0 Å². The smallest absolute Gasteiger partial charge is 0.143 e. The number of hydrogen-bond donors (Lipinski definition) is 2. The number of allylic oxidation sites excluding steroid dienone is 1. The zero-order valence-electron chi connectivity index (χ0n) is 11.3. The first kappa shape index (κ1) is 14.9. The van der Waals surface area contributed by atoms with Crippen LogP contribution >= 0.6 is 0 Å². The van der Waals surface area contributed by atoms with Gasteiger partial charge in [-0.25, -0.2) is 0 Å². The maximum Gasteiger partial charge on any atom is 0.143 e. The molecule has 0 radical (unpaired) electrons. The van der Waals surface area contributed by atoms with E-state index in [-0.39, 0.29) is 12.2 Å². The number of ether oxygens (including phenoxy) is 3. The van der Waals surface area contributed by atoms with Crippen molar-refractivity contribution in [1.82, 2.24) is 0 Å². The van der Waals surface area contributed by atoms with Gasteiger partial charge in [0.25, 0.3) is 0 Å². The van der Waals surface area contributed by atoms with Crippen molar-refractivity contribution in [3.05, 3.63) is 12.2 Å². The minimum absolute atomic E-state index is 0.0273. The molecular formula is C14H24O5. The molecule has 0 saturated heterocycles. The van der Waals surface area contributed by atoms with Gasteiger partial charge in [0.05, 0.1) is 39.1 Å². The van der Waals surface area contributed by atoms with E-state index < -0.39 is 6.10 Å². The largest absolute Gasteiger partial charge is 0.390 e. The van der Waals surface area contributed by atoms with Crippen LogP contribution in [0.2, 0.25) is 0 Å². The van der Waals surface area contributed by atoms with Gasteiger partial charge in [-0.2, -0.15) is 0 Å². The van der Waals surface area contributed by atoms with E-state index in [9.17, 15) is 5.11 Å². The van der Waals surface area contributed by atoms with Crippen LogP contribution in [-0.2, 0) is 14.2 Å². The first-order valence-electron chi connectivity index (χ1n) is 6.98. The van der Waals surface area contributed by atoms with Gasteiger partial charge < -0.3 is 24.4 Å². The molecule has 5 heteroatoms. The minimum Gasteiger partial charge on any atom is -0.390 e. The van der Waals surface area contributed by atoms with Crippen molar-refractivity contribution in [1.29, 1.82) is 0 Å². The minimum atomic E-state index is -0.408. The normalized spacial score (nSPS) is 30.1. The Bertz CT molecular complexity index is 294. The van der Waals surface area contributed by atoms with E-state index in [1.54, 1.807) is 0 Å². The fourth-order valence-electron chi connectivity index (χ4n) is 2.97. The third-order valence-electron chi connectivity index (χ3n) is 4.10. The van der Waals surface area contributed by atoms with Crippen LogP contribution in [0.15, 0.2) is 12.2 Å². The Labute approximate surface area is 114 Å². The molecule has 0 amide bonds. The van der Waals surface area contributed by atoms with Crippen LogP contribution in [0.25, 0.3) is 0 Å². The molecule has 1 fully saturated rings. The van der Waals surface area contributed by atoms with Gasteiger partial charge in [0.15, 0.2) is 0 Å². The van der Waals surface area contributed by atoms with Crippen LogP contribution in [0.3, 0.4) is 0 Å². The van der Waals surface area contributed by atoms with Crippen molar-refractivity contribution in [2.24, 2.45) is 11.3 Å². The van der Waals surface area contributed by atoms with Gasteiger partial charge in [-0.15, -0.1) is 0 Å². The lowest BCUT2D eigenvalue weighted by atomic mass is 9.82. The summed E-state index contributed by atoms with van der Waals surface area (Å²) in [7, 11) is 0. The van der Waals surface area contributed by atoms with Crippen LogP contribution in [-0.4, -0.2) is 56.1 Å². The maximum atomic E-state index is 10.2. The molecule has 2 aliphatic carbocycles. The highest BCUT2D eigenvalue weighted by atomic mass is 16.6.